The van der Waals surface area contributed by atoms with Crippen LogP contribution in [0.4, 0.5) is 5.69 Å². The third-order valence-electron chi connectivity index (χ3n) is 4.16. The number of ether oxygens (including phenoxy) is 1. The Bertz CT molecular complexity index is 1230. The highest BCUT2D eigenvalue weighted by Gasteiger charge is 2.18. The Morgan fingerprint density at radius 2 is 2.00 bits per heavy atom. The molecule has 2 aromatic heterocycles. The van der Waals surface area contributed by atoms with Crippen LogP contribution in [0.5, 0.6) is 5.75 Å². The van der Waals surface area contributed by atoms with Crippen LogP contribution >= 0.6 is 11.3 Å². The highest BCUT2D eigenvalue weighted by atomic mass is 32.1. The third-order valence-corrected chi connectivity index (χ3v) is 5.05. The van der Waals surface area contributed by atoms with Gasteiger partial charge < -0.3 is 9.72 Å². The van der Waals surface area contributed by atoms with Crippen molar-refractivity contribution in [2.24, 2.45) is 0 Å². The van der Waals surface area contributed by atoms with Gasteiger partial charge in [0.15, 0.2) is 5.75 Å². The molecule has 0 spiro atoms. The minimum atomic E-state index is -0.495. The Balaban J connectivity index is 1.79. The second-order valence-corrected chi connectivity index (χ2v) is 6.64. The van der Waals surface area contributed by atoms with E-state index in [0.717, 1.165) is 10.9 Å². The van der Waals surface area contributed by atoms with E-state index >= 15 is 0 Å². The van der Waals surface area contributed by atoms with Gasteiger partial charge in [-0.25, -0.2) is 4.98 Å². The van der Waals surface area contributed by atoms with Crippen molar-refractivity contribution in [1.82, 2.24) is 9.97 Å². The summed E-state index contributed by atoms with van der Waals surface area (Å²) in [6.45, 7) is 0. The van der Waals surface area contributed by atoms with Crippen LogP contribution in [-0.4, -0.2) is 22.0 Å². The van der Waals surface area contributed by atoms with Crippen LogP contribution in [0.2, 0.25) is 0 Å². The molecule has 8 heteroatoms. The van der Waals surface area contributed by atoms with Crippen molar-refractivity contribution in [3.05, 3.63) is 74.4 Å². The molecule has 134 valence electrons. The van der Waals surface area contributed by atoms with Gasteiger partial charge in [-0.15, -0.1) is 11.3 Å². The Hall–Kier alpha value is -3.52. The number of pyridine rings is 1. The molecular formula is C19H13N3O4S. The molecule has 0 bridgehead atoms. The number of H-pyrrole nitrogens is 1. The molecule has 1 N–H and O–H groups in total. The number of benzene rings is 2. The van der Waals surface area contributed by atoms with E-state index in [1.54, 1.807) is 17.5 Å². The molecule has 2 aromatic carbocycles. The standard InChI is InChI=1S/C19H13N3O4S/c1-26-17-7-6-12(9-16(17)22(24)25)19-21-15(10-27-19)13-8-11-4-2-3-5-14(11)20-18(13)23/h2-10H,1H3,(H,20,23). The Kier molecular flexibility index (Phi) is 4.17. The van der Waals surface area contributed by atoms with E-state index in [1.165, 1.54) is 30.6 Å². The number of para-hydroxylation sites is 1. The Labute approximate surface area is 157 Å². The second kappa shape index (κ2) is 6.65. The molecule has 0 aliphatic heterocycles. The monoisotopic (exact) mass is 379 g/mol. The maximum Gasteiger partial charge on any atom is 0.311 e. The summed E-state index contributed by atoms with van der Waals surface area (Å²) < 4.78 is 5.02. The topological polar surface area (TPSA) is 98.1 Å². The summed E-state index contributed by atoms with van der Waals surface area (Å²) in [4.78, 5) is 30.5. The van der Waals surface area contributed by atoms with E-state index in [1.807, 2.05) is 24.3 Å². The lowest BCUT2D eigenvalue weighted by Crippen LogP contribution is -2.08. The molecule has 7 nitrogen and oxygen atoms in total. The number of aromatic amines is 1. The quantitative estimate of drug-likeness (QED) is 0.422. The molecular weight excluding hydrogens is 366 g/mol. The van der Waals surface area contributed by atoms with Crippen molar-refractivity contribution in [3.63, 3.8) is 0 Å². The van der Waals surface area contributed by atoms with Gasteiger partial charge in [0, 0.05) is 22.5 Å². The van der Waals surface area contributed by atoms with Crippen molar-refractivity contribution in [1.29, 1.82) is 0 Å². The maximum absolute atomic E-state index is 12.4. The van der Waals surface area contributed by atoms with E-state index in [0.29, 0.717) is 21.8 Å². The predicted molar refractivity (Wildman–Crippen MR) is 104 cm³/mol. The minimum absolute atomic E-state index is 0.129. The molecule has 0 saturated heterocycles. The molecule has 27 heavy (non-hydrogen) atoms. The molecule has 0 aliphatic carbocycles. The zero-order valence-corrected chi connectivity index (χ0v) is 14.9. The second-order valence-electron chi connectivity index (χ2n) is 5.78. The molecule has 0 aliphatic rings. The number of hydrogen-bond acceptors (Lipinski definition) is 6. The summed E-state index contributed by atoms with van der Waals surface area (Å²) in [5.41, 5.74) is 1.98. The first-order valence-corrected chi connectivity index (χ1v) is 8.85. The molecule has 0 saturated carbocycles. The number of hydrogen-bond donors (Lipinski definition) is 1. The molecule has 0 atom stereocenters. The molecule has 0 amide bonds. The van der Waals surface area contributed by atoms with Gasteiger partial charge in [-0.2, -0.15) is 0 Å². The van der Waals surface area contributed by atoms with E-state index in [9.17, 15) is 14.9 Å². The van der Waals surface area contributed by atoms with Crippen molar-refractivity contribution < 1.29 is 9.66 Å². The van der Waals surface area contributed by atoms with Crippen molar-refractivity contribution >= 4 is 27.9 Å². The normalized spacial score (nSPS) is 10.9. The summed E-state index contributed by atoms with van der Waals surface area (Å²) in [7, 11) is 1.38. The van der Waals surface area contributed by atoms with Gasteiger partial charge in [-0.1, -0.05) is 18.2 Å². The van der Waals surface area contributed by atoms with Crippen LogP contribution in [0.3, 0.4) is 0 Å². The third kappa shape index (κ3) is 3.06. The van der Waals surface area contributed by atoms with Crippen LogP contribution in [0.25, 0.3) is 32.7 Å². The molecule has 2 heterocycles. The van der Waals surface area contributed by atoms with Gasteiger partial charge >= 0.3 is 5.69 Å². The fourth-order valence-corrected chi connectivity index (χ4v) is 3.65. The van der Waals surface area contributed by atoms with Gasteiger partial charge in [0.2, 0.25) is 0 Å². The highest BCUT2D eigenvalue weighted by Crippen LogP contribution is 2.34. The summed E-state index contributed by atoms with van der Waals surface area (Å²) in [5.74, 6) is 0.187. The van der Waals surface area contributed by atoms with Gasteiger partial charge in [0.1, 0.15) is 5.01 Å². The summed E-state index contributed by atoms with van der Waals surface area (Å²) in [6, 6.07) is 14.0. The summed E-state index contributed by atoms with van der Waals surface area (Å²) >= 11 is 1.32. The van der Waals surface area contributed by atoms with Gasteiger partial charge in [0.25, 0.3) is 5.56 Å². The largest absolute Gasteiger partial charge is 0.490 e. The number of rotatable bonds is 4. The lowest BCUT2D eigenvalue weighted by Gasteiger charge is -2.03. The number of nitro groups is 1. The van der Waals surface area contributed by atoms with Crippen LogP contribution in [-0.2, 0) is 0 Å². The van der Waals surface area contributed by atoms with Crippen LogP contribution < -0.4 is 10.3 Å². The molecule has 0 unspecified atom stereocenters. The first-order chi connectivity index (χ1) is 13.1. The zero-order valence-electron chi connectivity index (χ0n) is 14.1. The van der Waals surface area contributed by atoms with Crippen LogP contribution in [0.1, 0.15) is 0 Å². The van der Waals surface area contributed by atoms with Gasteiger partial charge in [-0.05, 0) is 29.7 Å². The van der Waals surface area contributed by atoms with Crippen molar-refractivity contribution in [3.8, 4) is 27.6 Å². The number of methoxy groups -OCH3 is 1. The number of aromatic nitrogens is 2. The lowest BCUT2D eigenvalue weighted by molar-refractivity contribution is -0.385. The average Bonchev–Trinajstić information content (AvgIpc) is 3.16. The molecule has 0 fully saturated rings. The Morgan fingerprint density at radius 1 is 1.19 bits per heavy atom. The fourth-order valence-electron chi connectivity index (χ4n) is 2.83. The minimum Gasteiger partial charge on any atom is -0.490 e. The average molecular weight is 379 g/mol. The van der Waals surface area contributed by atoms with E-state index < -0.39 is 4.92 Å². The van der Waals surface area contributed by atoms with Gasteiger partial charge in [-0.3, -0.25) is 14.9 Å². The number of nitro benzene ring substituents is 1. The first-order valence-electron chi connectivity index (χ1n) is 7.97. The number of nitrogens with zero attached hydrogens (tertiary/aromatic N) is 2. The lowest BCUT2D eigenvalue weighted by atomic mass is 10.1. The van der Waals surface area contributed by atoms with Crippen molar-refractivity contribution in [2.75, 3.05) is 7.11 Å². The number of thiazole rings is 1. The Morgan fingerprint density at radius 3 is 2.78 bits per heavy atom. The van der Waals surface area contributed by atoms with Crippen molar-refractivity contribution in [2.45, 2.75) is 0 Å². The molecule has 4 rings (SSSR count). The first kappa shape index (κ1) is 16.9. The maximum atomic E-state index is 12.4. The van der Waals surface area contributed by atoms with E-state index in [2.05, 4.69) is 9.97 Å². The predicted octanol–water partition coefficient (Wildman–Crippen LogP) is 4.24. The highest BCUT2D eigenvalue weighted by molar-refractivity contribution is 7.13. The van der Waals surface area contributed by atoms with E-state index in [4.69, 9.17) is 4.74 Å². The van der Waals surface area contributed by atoms with Crippen LogP contribution in [0, 0.1) is 10.1 Å². The summed E-state index contributed by atoms with van der Waals surface area (Å²) in [5, 5.41) is 14.5. The number of nitrogens with one attached hydrogen (secondary N) is 1. The molecule has 4 aromatic rings. The van der Waals surface area contributed by atoms with Gasteiger partial charge in [0.05, 0.1) is 23.3 Å². The smallest absolute Gasteiger partial charge is 0.311 e. The van der Waals surface area contributed by atoms with E-state index in [-0.39, 0.29) is 17.0 Å². The zero-order chi connectivity index (χ0) is 19.0. The van der Waals surface area contributed by atoms with Crippen LogP contribution in [0.15, 0.2) is 58.7 Å². The molecule has 0 radical (unpaired) electrons. The summed E-state index contributed by atoms with van der Waals surface area (Å²) in [6.07, 6.45) is 0. The SMILES string of the molecule is COc1ccc(-c2nc(-c3cc4ccccc4[nH]c3=O)cs2)cc1[N+](=O)[O-]. The number of fused-ring (bicyclic) bond motifs is 1. The fraction of sp³-hybridized carbons (Fsp3) is 0.0526.